The van der Waals surface area contributed by atoms with Gasteiger partial charge in [0.1, 0.15) is 0 Å². The van der Waals surface area contributed by atoms with Crippen molar-refractivity contribution in [2.45, 2.75) is 25.7 Å². The minimum Gasteiger partial charge on any atom is -0.302 e. The van der Waals surface area contributed by atoms with E-state index in [1.54, 1.807) is 23.1 Å². The molecular formula is C22H27Cl2N3O3S2. The first-order chi connectivity index (χ1) is 14.7. The molecule has 32 heavy (non-hydrogen) atoms. The van der Waals surface area contributed by atoms with Gasteiger partial charge in [0.2, 0.25) is 0 Å². The zero-order chi connectivity index (χ0) is 22.8. The van der Waals surface area contributed by atoms with Gasteiger partial charge in [-0.1, -0.05) is 48.9 Å². The first-order valence-corrected chi connectivity index (χ1v) is 13.1. The maximum Gasteiger partial charge on any atom is 0.261 e. The van der Waals surface area contributed by atoms with E-state index in [2.05, 4.69) is 18.7 Å². The summed E-state index contributed by atoms with van der Waals surface area (Å²) >= 11 is 7.59. The zero-order valence-electron chi connectivity index (χ0n) is 18.5. The number of hydrogen-bond acceptors (Lipinski definition) is 6. The van der Waals surface area contributed by atoms with Crippen molar-refractivity contribution in [1.29, 1.82) is 0 Å². The third kappa shape index (κ3) is 5.80. The number of carbonyl (C=O) groups is 1. The topological polar surface area (TPSA) is 70.6 Å². The van der Waals surface area contributed by atoms with Crippen molar-refractivity contribution >= 4 is 66.4 Å². The Kier molecular flexibility index (Phi) is 9.07. The number of likely N-dealkylation sites (N-methyl/N-ethyl adjacent to an activating group) is 1. The van der Waals surface area contributed by atoms with E-state index in [4.69, 9.17) is 16.6 Å². The van der Waals surface area contributed by atoms with Crippen molar-refractivity contribution in [3.05, 3.63) is 52.5 Å². The highest BCUT2D eigenvalue weighted by molar-refractivity contribution is 7.90. The molecule has 174 valence electrons. The second-order valence-corrected chi connectivity index (χ2v) is 10.7. The number of fused-ring (bicyclic) bond motifs is 1. The van der Waals surface area contributed by atoms with Crippen LogP contribution in [0.3, 0.4) is 0 Å². The van der Waals surface area contributed by atoms with Crippen LogP contribution in [0.25, 0.3) is 10.2 Å². The molecule has 0 N–H and O–H groups in total. The number of halogens is 2. The first kappa shape index (κ1) is 26.5. The second-order valence-electron chi connectivity index (χ2n) is 7.32. The lowest BCUT2D eigenvalue weighted by Crippen LogP contribution is -2.39. The molecule has 0 radical (unpaired) electrons. The highest BCUT2D eigenvalue weighted by Gasteiger charge is 2.26. The normalized spacial score (nSPS) is 11.6. The predicted molar refractivity (Wildman–Crippen MR) is 136 cm³/mol. The number of benzene rings is 2. The molecule has 0 bridgehead atoms. The fourth-order valence-electron chi connectivity index (χ4n) is 3.44. The van der Waals surface area contributed by atoms with Crippen LogP contribution in [0.15, 0.2) is 41.3 Å². The van der Waals surface area contributed by atoms with Crippen LogP contribution in [0.4, 0.5) is 5.13 Å². The summed E-state index contributed by atoms with van der Waals surface area (Å²) in [4.78, 5) is 22.1. The molecule has 0 aliphatic heterocycles. The lowest BCUT2D eigenvalue weighted by Gasteiger charge is -2.25. The van der Waals surface area contributed by atoms with Crippen molar-refractivity contribution in [2.75, 3.05) is 37.3 Å². The van der Waals surface area contributed by atoms with Gasteiger partial charge in [-0.2, -0.15) is 0 Å². The van der Waals surface area contributed by atoms with Gasteiger partial charge in [-0.05, 0) is 49.8 Å². The smallest absolute Gasteiger partial charge is 0.261 e. The Morgan fingerprint density at radius 1 is 1.12 bits per heavy atom. The van der Waals surface area contributed by atoms with Crippen molar-refractivity contribution in [2.24, 2.45) is 0 Å². The van der Waals surface area contributed by atoms with Crippen LogP contribution in [0.1, 0.15) is 29.8 Å². The summed E-state index contributed by atoms with van der Waals surface area (Å²) in [5.41, 5.74) is 1.87. The monoisotopic (exact) mass is 515 g/mol. The summed E-state index contributed by atoms with van der Waals surface area (Å²) in [6, 6.07) is 9.99. The van der Waals surface area contributed by atoms with Crippen LogP contribution in [0.5, 0.6) is 0 Å². The largest absolute Gasteiger partial charge is 0.302 e. The van der Waals surface area contributed by atoms with Gasteiger partial charge in [-0.3, -0.25) is 9.69 Å². The van der Waals surface area contributed by atoms with Gasteiger partial charge < -0.3 is 4.90 Å². The summed E-state index contributed by atoms with van der Waals surface area (Å²) in [5.74, 6) is -0.379. The van der Waals surface area contributed by atoms with Gasteiger partial charge in [0, 0.05) is 24.4 Å². The second kappa shape index (κ2) is 10.9. The Morgan fingerprint density at radius 2 is 1.78 bits per heavy atom. The molecule has 0 atom stereocenters. The summed E-state index contributed by atoms with van der Waals surface area (Å²) < 4.78 is 25.5. The van der Waals surface area contributed by atoms with Gasteiger partial charge in [-0.15, -0.1) is 12.4 Å². The lowest BCUT2D eigenvalue weighted by atomic mass is 10.2. The summed E-state index contributed by atoms with van der Waals surface area (Å²) in [6.45, 7) is 8.81. The van der Waals surface area contributed by atoms with Crippen LogP contribution >= 0.6 is 35.3 Å². The maximum atomic E-state index is 13.6. The maximum absolute atomic E-state index is 13.6. The fraction of sp³-hybridized carbons (Fsp3) is 0.364. The Bertz CT molecular complexity index is 1210. The van der Waals surface area contributed by atoms with Gasteiger partial charge in [0.25, 0.3) is 5.91 Å². The standard InChI is InChI=1S/C22H26ClN3O3S2.ClH/c1-5-25(6-2)11-12-26(21(27)17-9-7-8-10-19(17)31(4,28)29)22-24-20-15(3)13-16(23)14-18(20)30-22;/h7-10,13-14H,5-6,11-12H2,1-4H3;1H. The number of aryl methyl sites for hydroxylation is 1. The highest BCUT2D eigenvalue weighted by Crippen LogP contribution is 2.34. The van der Waals surface area contributed by atoms with Crippen molar-refractivity contribution < 1.29 is 13.2 Å². The third-order valence-electron chi connectivity index (χ3n) is 5.17. The van der Waals surface area contributed by atoms with E-state index in [1.165, 1.54) is 17.4 Å². The summed E-state index contributed by atoms with van der Waals surface area (Å²) in [5, 5.41) is 1.14. The van der Waals surface area contributed by atoms with E-state index in [9.17, 15) is 13.2 Å². The SMILES string of the molecule is CCN(CC)CCN(C(=O)c1ccccc1S(C)(=O)=O)c1nc2c(C)cc(Cl)cc2s1.Cl. The van der Waals surface area contributed by atoms with E-state index >= 15 is 0 Å². The average molecular weight is 517 g/mol. The lowest BCUT2D eigenvalue weighted by molar-refractivity contribution is 0.0980. The number of sulfone groups is 1. The van der Waals surface area contributed by atoms with Gasteiger partial charge >= 0.3 is 0 Å². The van der Waals surface area contributed by atoms with Crippen LogP contribution in [-0.2, 0) is 9.84 Å². The minimum absolute atomic E-state index is 0. The summed E-state index contributed by atoms with van der Waals surface area (Å²) in [6.07, 6.45) is 1.11. The molecular weight excluding hydrogens is 489 g/mol. The third-order valence-corrected chi connectivity index (χ3v) is 7.56. The van der Waals surface area contributed by atoms with Gasteiger partial charge in [0.05, 0.1) is 20.7 Å². The number of anilines is 1. The first-order valence-electron chi connectivity index (χ1n) is 10.1. The molecule has 1 heterocycles. The predicted octanol–water partition coefficient (Wildman–Crippen LogP) is 5.07. The number of amides is 1. The number of nitrogens with zero attached hydrogens (tertiary/aromatic N) is 3. The van der Waals surface area contributed by atoms with E-state index in [1.807, 2.05) is 19.1 Å². The van der Waals surface area contributed by atoms with E-state index < -0.39 is 9.84 Å². The molecule has 0 aliphatic carbocycles. The number of carbonyl (C=O) groups excluding carboxylic acids is 1. The molecule has 0 unspecified atom stereocenters. The quantitative estimate of drug-likeness (QED) is 0.418. The number of hydrogen-bond donors (Lipinski definition) is 0. The Labute approximate surface area is 204 Å². The molecule has 0 fully saturated rings. The van der Waals surface area contributed by atoms with Gasteiger partial charge in [-0.25, -0.2) is 13.4 Å². The number of rotatable bonds is 8. The Morgan fingerprint density at radius 3 is 2.41 bits per heavy atom. The molecule has 6 nitrogen and oxygen atoms in total. The number of thiazole rings is 1. The fourth-order valence-corrected chi connectivity index (χ4v) is 5.76. The zero-order valence-corrected chi connectivity index (χ0v) is 21.7. The van der Waals surface area contributed by atoms with Crippen LogP contribution in [0, 0.1) is 6.92 Å². The Balaban J connectivity index is 0.00000363. The van der Waals surface area contributed by atoms with Crippen LogP contribution < -0.4 is 4.90 Å². The molecule has 1 aromatic heterocycles. The highest BCUT2D eigenvalue weighted by atomic mass is 35.5. The molecule has 10 heteroatoms. The van der Waals surface area contributed by atoms with Crippen LogP contribution in [-0.4, -0.2) is 56.6 Å². The average Bonchev–Trinajstić information content (AvgIpc) is 3.14. The molecule has 3 rings (SSSR count). The van der Waals surface area contributed by atoms with E-state index in [0.29, 0.717) is 23.2 Å². The molecule has 0 spiro atoms. The molecule has 0 saturated heterocycles. The van der Waals surface area contributed by atoms with Crippen molar-refractivity contribution in [1.82, 2.24) is 9.88 Å². The van der Waals surface area contributed by atoms with E-state index in [-0.39, 0.29) is 28.8 Å². The minimum atomic E-state index is -3.56. The molecule has 1 amide bonds. The van der Waals surface area contributed by atoms with Gasteiger partial charge in [0.15, 0.2) is 15.0 Å². The van der Waals surface area contributed by atoms with Crippen LogP contribution in [0.2, 0.25) is 5.02 Å². The van der Waals surface area contributed by atoms with Crippen molar-refractivity contribution in [3.8, 4) is 0 Å². The van der Waals surface area contributed by atoms with E-state index in [0.717, 1.165) is 35.1 Å². The molecule has 2 aromatic carbocycles. The molecule has 0 saturated carbocycles. The molecule has 0 aliphatic rings. The summed E-state index contributed by atoms with van der Waals surface area (Å²) in [7, 11) is -3.56. The van der Waals surface area contributed by atoms with Crippen molar-refractivity contribution in [3.63, 3.8) is 0 Å². The molecule has 3 aromatic rings. The number of aromatic nitrogens is 1. The Hall–Kier alpha value is -1.71.